The van der Waals surface area contributed by atoms with E-state index < -0.39 is 12.1 Å². The molecule has 0 saturated heterocycles. The van der Waals surface area contributed by atoms with Gasteiger partial charge in [-0.3, -0.25) is 0 Å². The van der Waals surface area contributed by atoms with Crippen molar-refractivity contribution in [3.8, 4) is 11.5 Å². The number of nitrogens with zero attached hydrogens (tertiary/aromatic N) is 2. The molecule has 0 radical (unpaired) electrons. The monoisotopic (exact) mass is 592 g/mol. The number of halogens is 2. The molecule has 0 spiro atoms. The molecule has 9 rings (SSSR count). The minimum Gasteiger partial charge on any atom is -0.480 e. The van der Waals surface area contributed by atoms with Crippen LogP contribution in [0.25, 0.3) is 43.6 Å². The fraction of sp³-hybridized carbons (Fsp3) is 0.176. The van der Waals surface area contributed by atoms with E-state index in [0.29, 0.717) is 27.3 Å². The van der Waals surface area contributed by atoms with Gasteiger partial charge in [-0.05, 0) is 38.1 Å². The number of para-hydroxylation sites is 2. The van der Waals surface area contributed by atoms with Crippen LogP contribution >= 0.6 is 23.2 Å². The average molecular weight is 594 g/mol. The summed E-state index contributed by atoms with van der Waals surface area (Å²) in [5, 5.41) is 13.0. The molecule has 2 aliphatic heterocycles. The largest absolute Gasteiger partial charge is 0.480 e. The van der Waals surface area contributed by atoms with E-state index >= 15 is 0 Å². The van der Waals surface area contributed by atoms with Gasteiger partial charge in [0, 0.05) is 57.8 Å². The fourth-order valence-corrected chi connectivity index (χ4v) is 7.64. The van der Waals surface area contributed by atoms with Crippen molar-refractivity contribution in [3.63, 3.8) is 0 Å². The Hall–Kier alpha value is -4.26. The molecule has 6 aromatic rings. The standard InChI is InChI=1S/C34H26Cl2N4O2/c1-3-39-23-11-7-5-9-17(23)19-13-21-27(15-25(19)39)41-33-29(35)32-34(30(36)31(33)37-21)42-28-16-26-20(14-22(28)38-32)18-10-6-8-12-24(18)40(26)4-2/h5-16,31,33,37-38H,3-4H2,1-2H3. The van der Waals surface area contributed by atoms with E-state index in [1.807, 2.05) is 0 Å². The van der Waals surface area contributed by atoms with Crippen molar-refractivity contribution in [1.82, 2.24) is 9.13 Å². The van der Waals surface area contributed by atoms with Crippen LogP contribution in [0.15, 0.2) is 94.3 Å². The van der Waals surface area contributed by atoms with E-state index in [4.69, 9.17) is 32.7 Å². The maximum Gasteiger partial charge on any atom is 0.169 e. The molecule has 3 aliphatic rings. The number of aryl methyl sites for hydroxylation is 2. The number of ether oxygens (including phenoxy) is 2. The van der Waals surface area contributed by atoms with Crippen molar-refractivity contribution in [1.29, 1.82) is 0 Å². The highest BCUT2D eigenvalue weighted by Gasteiger charge is 2.44. The normalized spacial score (nSPS) is 19.2. The maximum absolute atomic E-state index is 7.11. The first kappa shape index (κ1) is 24.3. The number of anilines is 2. The quantitative estimate of drug-likeness (QED) is 0.211. The third-order valence-corrected chi connectivity index (χ3v) is 9.74. The molecule has 1 aliphatic carbocycles. The Labute approximate surface area is 251 Å². The first-order valence-corrected chi connectivity index (χ1v) is 15.1. The zero-order chi connectivity index (χ0) is 28.3. The third-order valence-electron chi connectivity index (χ3n) is 8.92. The van der Waals surface area contributed by atoms with Gasteiger partial charge in [-0.2, -0.15) is 0 Å². The lowest BCUT2D eigenvalue weighted by Gasteiger charge is -2.40. The van der Waals surface area contributed by atoms with Crippen molar-refractivity contribution >= 4 is 78.2 Å². The smallest absolute Gasteiger partial charge is 0.169 e. The Morgan fingerprint density at radius 3 is 1.93 bits per heavy atom. The van der Waals surface area contributed by atoms with E-state index in [1.165, 1.54) is 27.2 Å². The van der Waals surface area contributed by atoms with E-state index in [9.17, 15) is 0 Å². The summed E-state index contributed by atoms with van der Waals surface area (Å²) in [6.45, 7) is 6.03. The number of hydrogen-bond donors (Lipinski definition) is 2. The highest BCUT2D eigenvalue weighted by Crippen LogP contribution is 2.49. The number of rotatable bonds is 2. The van der Waals surface area contributed by atoms with Crippen LogP contribution in [0.1, 0.15) is 13.8 Å². The Morgan fingerprint density at radius 1 is 0.690 bits per heavy atom. The summed E-state index contributed by atoms with van der Waals surface area (Å²) in [6.07, 6.45) is -0.509. The summed E-state index contributed by atoms with van der Waals surface area (Å²) in [4.78, 5) is 0. The molecule has 4 heterocycles. The SMILES string of the molecule is CCn1c2ccccc2c2cc3c(cc21)OC1=C(Cl)C2Nc4cc5c6ccccc6n(CC)c5cc4OC2C(Cl)=C1N3. The summed E-state index contributed by atoms with van der Waals surface area (Å²) in [7, 11) is 0. The van der Waals surface area contributed by atoms with E-state index in [1.54, 1.807) is 0 Å². The Bertz CT molecular complexity index is 2220. The average Bonchev–Trinajstić information content (AvgIpc) is 3.50. The van der Waals surface area contributed by atoms with E-state index in [0.717, 1.165) is 46.6 Å². The molecule has 4 aromatic carbocycles. The lowest BCUT2D eigenvalue weighted by molar-refractivity contribution is 0.217. The van der Waals surface area contributed by atoms with Crippen LogP contribution in [0, 0.1) is 0 Å². The van der Waals surface area contributed by atoms with Gasteiger partial charge in [0.2, 0.25) is 0 Å². The summed E-state index contributed by atoms with van der Waals surface area (Å²) in [6, 6.07) is 25.1. The molecule has 0 amide bonds. The van der Waals surface area contributed by atoms with Crippen molar-refractivity contribution in [3.05, 3.63) is 94.3 Å². The second-order valence-electron chi connectivity index (χ2n) is 11.0. The molecule has 2 atom stereocenters. The first-order valence-electron chi connectivity index (χ1n) is 14.3. The van der Waals surface area contributed by atoms with Gasteiger partial charge in [0.1, 0.15) is 17.5 Å². The minimum absolute atomic E-state index is 0.392. The second kappa shape index (κ2) is 8.63. The predicted octanol–water partition coefficient (Wildman–Crippen LogP) is 8.90. The van der Waals surface area contributed by atoms with Crippen molar-refractivity contribution in [2.45, 2.75) is 39.1 Å². The number of fused-ring (bicyclic) bond motifs is 10. The molecule has 6 nitrogen and oxygen atoms in total. The van der Waals surface area contributed by atoms with Gasteiger partial charge in [0.05, 0.1) is 32.5 Å². The molecule has 2 aromatic heterocycles. The van der Waals surface area contributed by atoms with Crippen LogP contribution in [0.2, 0.25) is 0 Å². The summed E-state index contributed by atoms with van der Waals surface area (Å²) >= 11 is 14.2. The van der Waals surface area contributed by atoms with Crippen LogP contribution in [0.3, 0.4) is 0 Å². The zero-order valence-electron chi connectivity index (χ0n) is 23.0. The molecule has 2 N–H and O–H groups in total. The molecular formula is C34H26Cl2N4O2. The third kappa shape index (κ3) is 3.11. The number of hydrogen-bond acceptors (Lipinski definition) is 4. The predicted molar refractivity (Wildman–Crippen MR) is 172 cm³/mol. The summed E-state index contributed by atoms with van der Waals surface area (Å²) in [5.41, 5.74) is 7.01. The Morgan fingerprint density at radius 2 is 1.29 bits per heavy atom. The molecule has 208 valence electrons. The Balaban J connectivity index is 1.17. The summed E-state index contributed by atoms with van der Waals surface area (Å²) < 4.78 is 17.8. The minimum atomic E-state index is -0.509. The van der Waals surface area contributed by atoms with Gasteiger partial charge in [-0.25, -0.2) is 0 Å². The van der Waals surface area contributed by atoms with Gasteiger partial charge < -0.3 is 29.2 Å². The molecule has 0 bridgehead atoms. The van der Waals surface area contributed by atoms with E-state index in [2.05, 4.69) is 106 Å². The maximum atomic E-state index is 7.11. The second-order valence-corrected chi connectivity index (χ2v) is 11.9. The first-order chi connectivity index (χ1) is 20.6. The Kier molecular flexibility index (Phi) is 5.00. The number of benzene rings is 4. The van der Waals surface area contributed by atoms with Crippen LogP contribution in [-0.4, -0.2) is 21.3 Å². The van der Waals surface area contributed by atoms with E-state index in [-0.39, 0.29) is 0 Å². The lowest BCUT2D eigenvalue weighted by atomic mass is 9.97. The van der Waals surface area contributed by atoms with Crippen LogP contribution in [0.4, 0.5) is 11.4 Å². The van der Waals surface area contributed by atoms with Gasteiger partial charge in [-0.15, -0.1) is 0 Å². The molecule has 42 heavy (non-hydrogen) atoms. The van der Waals surface area contributed by atoms with Crippen molar-refractivity contribution in [2.75, 3.05) is 10.6 Å². The zero-order valence-corrected chi connectivity index (χ0v) is 24.5. The lowest BCUT2D eigenvalue weighted by Crippen LogP contribution is -2.46. The van der Waals surface area contributed by atoms with Gasteiger partial charge >= 0.3 is 0 Å². The van der Waals surface area contributed by atoms with Gasteiger partial charge in [-0.1, -0.05) is 59.6 Å². The van der Waals surface area contributed by atoms with Crippen LogP contribution < -0.4 is 20.1 Å². The van der Waals surface area contributed by atoms with Gasteiger partial charge in [0.25, 0.3) is 0 Å². The molecule has 8 heteroatoms. The van der Waals surface area contributed by atoms with Crippen LogP contribution in [0.5, 0.6) is 11.5 Å². The molecular weight excluding hydrogens is 567 g/mol. The molecule has 0 fully saturated rings. The van der Waals surface area contributed by atoms with Gasteiger partial charge in [0.15, 0.2) is 17.6 Å². The van der Waals surface area contributed by atoms with Crippen molar-refractivity contribution in [2.24, 2.45) is 0 Å². The number of nitrogens with one attached hydrogen (secondary N) is 2. The highest BCUT2D eigenvalue weighted by molar-refractivity contribution is 6.35. The molecule has 2 unspecified atom stereocenters. The van der Waals surface area contributed by atoms with Crippen molar-refractivity contribution < 1.29 is 9.47 Å². The highest BCUT2D eigenvalue weighted by atomic mass is 35.5. The topological polar surface area (TPSA) is 52.4 Å². The van der Waals surface area contributed by atoms with Crippen LogP contribution in [-0.2, 0) is 13.1 Å². The fourth-order valence-electron chi connectivity index (χ4n) is 7.04. The molecule has 0 saturated carbocycles. The summed E-state index contributed by atoms with van der Waals surface area (Å²) in [5.74, 6) is 1.99. The number of aromatic nitrogens is 2.